The van der Waals surface area contributed by atoms with Crippen molar-refractivity contribution in [1.82, 2.24) is 0 Å². The van der Waals surface area contributed by atoms with Gasteiger partial charge in [0, 0.05) is 0 Å². The van der Waals surface area contributed by atoms with Gasteiger partial charge in [0.05, 0.1) is 18.1 Å². The first-order chi connectivity index (χ1) is 8.25. The van der Waals surface area contributed by atoms with Crippen LogP contribution in [0.3, 0.4) is 0 Å². The molecule has 2 unspecified atom stereocenters. The lowest BCUT2D eigenvalue weighted by Crippen LogP contribution is -2.23. The predicted octanol–water partition coefficient (Wildman–Crippen LogP) is 4.37. The van der Waals surface area contributed by atoms with Gasteiger partial charge < -0.3 is 4.74 Å². The zero-order chi connectivity index (χ0) is 11.8. The van der Waals surface area contributed by atoms with E-state index in [0.717, 1.165) is 11.1 Å². The largest absolute Gasteiger partial charge is 0.371 e. The van der Waals surface area contributed by atoms with Crippen LogP contribution >= 0.6 is 11.6 Å². The first kappa shape index (κ1) is 11.5. The van der Waals surface area contributed by atoms with Crippen LogP contribution in [0.4, 0.5) is 4.39 Å². The Morgan fingerprint density at radius 1 is 1.18 bits per heavy atom. The molecule has 2 atom stereocenters. The molecule has 1 saturated carbocycles. The Bertz CT molecular complexity index is 415. The fourth-order valence-corrected chi connectivity index (χ4v) is 3.36. The van der Waals surface area contributed by atoms with Crippen LogP contribution < -0.4 is 0 Å². The van der Waals surface area contributed by atoms with Crippen molar-refractivity contribution >= 4 is 11.6 Å². The summed E-state index contributed by atoms with van der Waals surface area (Å²) in [4.78, 5) is 0. The molecule has 3 rings (SSSR count). The average Bonchev–Trinajstić information content (AvgIpc) is 2.84. The second-order valence-corrected chi connectivity index (χ2v) is 5.57. The molecule has 1 aliphatic heterocycles. The van der Waals surface area contributed by atoms with Crippen LogP contribution in [0.15, 0.2) is 18.2 Å². The average molecular weight is 255 g/mol. The fraction of sp³-hybridized carbons (Fsp3) is 0.571. The minimum atomic E-state index is -0.210. The van der Waals surface area contributed by atoms with Crippen molar-refractivity contribution in [3.8, 4) is 0 Å². The third-order valence-electron chi connectivity index (χ3n) is 3.94. The Hall–Kier alpha value is -0.600. The summed E-state index contributed by atoms with van der Waals surface area (Å²) in [5, 5.41) is -0.210. The molecule has 0 amide bonds. The van der Waals surface area contributed by atoms with Gasteiger partial charge in [-0.3, -0.25) is 0 Å². The van der Waals surface area contributed by atoms with E-state index in [9.17, 15) is 4.39 Å². The van der Waals surface area contributed by atoms with E-state index in [2.05, 4.69) is 0 Å². The van der Waals surface area contributed by atoms with Crippen LogP contribution in [0.1, 0.15) is 48.3 Å². The van der Waals surface area contributed by atoms with E-state index in [1.54, 1.807) is 6.07 Å². The lowest BCUT2D eigenvalue weighted by atomic mass is 9.88. The number of rotatable bonds is 1. The van der Waals surface area contributed by atoms with Gasteiger partial charge in [-0.2, -0.15) is 0 Å². The third kappa shape index (κ3) is 2.09. The number of hydrogen-bond acceptors (Lipinski definition) is 1. The Balaban J connectivity index is 1.96. The van der Waals surface area contributed by atoms with Gasteiger partial charge in [-0.25, -0.2) is 4.39 Å². The highest BCUT2D eigenvalue weighted by atomic mass is 35.5. The number of ether oxygens (including phenoxy) is 1. The van der Waals surface area contributed by atoms with Crippen molar-refractivity contribution < 1.29 is 9.13 Å². The molecule has 1 heterocycles. The number of fused-ring (bicyclic) bond motifs is 1. The van der Waals surface area contributed by atoms with E-state index >= 15 is 0 Å². The fourth-order valence-electron chi connectivity index (χ4n) is 3.09. The molecule has 0 bridgehead atoms. The number of halogens is 2. The summed E-state index contributed by atoms with van der Waals surface area (Å²) in [6.45, 7) is 0.499. The topological polar surface area (TPSA) is 9.23 Å². The monoisotopic (exact) mass is 254 g/mol. The molecule has 0 N–H and O–H groups in total. The summed E-state index contributed by atoms with van der Waals surface area (Å²) >= 11 is 6.20. The van der Waals surface area contributed by atoms with Gasteiger partial charge in [-0.05, 0) is 42.0 Å². The standard InChI is InChI=1S/C14H16ClFO/c15-13-8-17-14(9-3-1-2-4-9)11-6-5-10(16)7-12(11)13/h5-7,9,13-14H,1-4,8H2. The van der Waals surface area contributed by atoms with Crippen molar-refractivity contribution in [2.45, 2.75) is 37.2 Å². The summed E-state index contributed by atoms with van der Waals surface area (Å²) in [5.74, 6) is 0.379. The van der Waals surface area contributed by atoms with Gasteiger partial charge in [0.25, 0.3) is 0 Å². The summed E-state index contributed by atoms with van der Waals surface area (Å²) in [6.07, 6.45) is 5.13. The van der Waals surface area contributed by atoms with Crippen LogP contribution in [-0.4, -0.2) is 6.61 Å². The molecule has 1 aromatic carbocycles. The normalized spacial score (nSPS) is 29.3. The quantitative estimate of drug-likeness (QED) is 0.677. The molecule has 1 aromatic rings. The van der Waals surface area contributed by atoms with Gasteiger partial charge in [0.15, 0.2) is 0 Å². The SMILES string of the molecule is Fc1ccc2c(c1)C(Cl)COC2C1CCCC1. The molecule has 0 saturated heterocycles. The number of alkyl halides is 1. The molecule has 1 fully saturated rings. The molecule has 0 aromatic heterocycles. The maximum Gasteiger partial charge on any atom is 0.123 e. The molecule has 3 heteroatoms. The van der Waals surface area contributed by atoms with E-state index in [1.807, 2.05) is 6.07 Å². The minimum Gasteiger partial charge on any atom is -0.371 e. The highest BCUT2D eigenvalue weighted by molar-refractivity contribution is 6.21. The molecule has 2 aliphatic rings. The summed E-state index contributed by atoms with van der Waals surface area (Å²) in [7, 11) is 0. The molecule has 0 spiro atoms. The van der Waals surface area contributed by atoms with Gasteiger partial charge >= 0.3 is 0 Å². The van der Waals surface area contributed by atoms with Crippen molar-refractivity contribution in [1.29, 1.82) is 0 Å². The Labute approximate surface area is 106 Å². The number of hydrogen-bond donors (Lipinski definition) is 0. The van der Waals surface area contributed by atoms with Gasteiger partial charge in [0.2, 0.25) is 0 Å². The molecule has 1 nitrogen and oxygen atoms in total. The van der Waals surface area contributed by atoms with Crippen molar-refractivity contribution in [3.05, 3.63) is 35.1 Å². The van der Waals surface area contributed by atoms with E-state index in [-0.39, 0.29) is 17.3 Å². The van der Waals surface area contributed by atoms with E-state index < -0.39 is 0 Å². The molecular weight excluding hydrogens is 239 g/mol. The maximum absolute atomic E-state index is 13.3. The summed E-state index contributed by atoms with van der Waals surface area (Å²) in [6, 6.07) is 4.93. The molecule has 1 aliphatic carbocycles. The summed E-state index contributed by atoms with van der Waals surface area (Å²) < 4.78 is 19.2. The Kier molecular flexibility index (Phi) is 3.10. The highest BCUT2D eigenvalue weighted by Crippen LogP contribution is 2.44. The lowest BCUT2D eigenvalue weighted by Gasteiger charge is -2.32. The van der Waals surface area contributed by atoms with Crippen LogP contribution in [0.5, 0.6) is 0 Å². The first-order valence-electron chi connectivity index (χ1n) is 6.31. The smallest absolute Gasteiger partial charge is 0.123 e. The van der Waals surface area contributed by atoms with Crippen molar-refractivity contribution in [2.75, 3.05) is 6.61 Å². The second kappa shape index (κ2) is 4.58. The third-order valence-corrected chi connectivity index (χ3v) is 4.30. The Morgan fingerprint density at radius 2 is 1.94 bits per heavy atom. The molecule has 0 radical (unpaired) electrons. The second-order valence-electron chi connectivity index (χ2n) is 5.04. The van der Waals surface area contributed by atoms with Crippen LogP contribution in [0, 0.1) is 11.7 Å². The number of benzene rings is 1. The minimum absolute atomic E-state index is 0.128. The zero-order valence-corrected chi connectivity index (χ0v) is 10.4. The van der Waals surface area contributed by atoms with Crippen molar-refractivity contribution in [3.63, 3.8) is 0 Å². The van der Waals surface area contributed by atoms with Gasteiger partial charge in [-0.1, -0.05) is 18.9 Å². The first-order valence-corrected chi connectivity index (χ1v) is 6.74. The molecule has 92 valence electrons. The lowest BCUT2D eigenvalue weighted by molar-refractivity contribution is 0.000617. The van der Waals surface area contributed by atoms with Crippen LogP contribution in [-0.2, 0) is 4.74 Å². The van der Waals surface area contributed by atoms with Gasteiger partial charge in [-0.15, -0.1) is 11.6 Å². The molecular formula is C14H16ClFO. The van der Waals surface area contributed by atoms with E-state index in [0.29, 0.717) is 12.5 Å². The summed E-state index contributed by atoms with van der Waals surface area (Å²) in [5.41, 5.74) is 2.03. The van der Waals surface area contributed by atoms with Crippen LogP contribution in [0.25, 0.3) is 0 Å². The van der Waals surface area contributed by atoms with Crippen LogP contribution in [0.2, 0.25) is 0 Å². The maximum atomic E-state index is 13.3. The zero-order valence-electron chi connectivity index (χ0n) is 9.66. The predicted molar refractivity (Wildman–Crippen MR) is 65.6 cm³/mol. The highest BCUT2D eigenvalue weighted by Gasteiger charge is 2.33. The Morgan fingerprint density at radius 3 is 2.71 bits per heavy atom. The van der Waals surface area contributed by atoms with Crippen molar-refractivity contribution in [2.24, 2.45) is 5.92 Å². The molecule has 17 heavy (non-hydrogen) atoms. The van der Waals surface area contributed by atoms with E-state index in [1.165, 1.54) is 31.7 Å². The van der Waals surface area contributed by atoms with E-state index in [4.69, 9.17) is 16.3 Å². The van der Waals surface area contributed by atoms with Gasteiger partial charge in [0.1, 0.15) is 5.82 Å².